The number of amides is 1. The third kappa shape index (κ3) is 7.87. The molecule has 0 atom stereocenters. The molecule has 2 aromatic carbocycles. The van der Waals surface area contributed by atoms with E-state index in [1.165, 1.54) is 12.1 Å². The highest BCUT2D eigenvalue weighted by molar-refractivity contribution is 7.98. The Morgan fingerprint density at radius 3 is 2.53 bits per heavy atom. The third-order valence-electron chi connectivity index (χ3n) is 4.09. The lowest BCUT2D eigenvalue weighted by Gasteiger charge is -2.24. The summed E-state index contributed by atoms with van der Waals surface area (Å²) >= 11 is 1.69. The van der Waals surface area contributed by atoms with Crippen molar-refractivity contribution >= 4 is 33.4 Å². The van der Waals surface area contributed by atoms with Crippen molar-refractivity contribution in [3.8, 4) is 5.75 Å². The predicted octanol–water partition coefficient (Wildman–Crippen LogP) is 3.43. The van der Waals surface area contributed by atoms with Crippen molar-refractivity contribution in [2.24, 2.45) is 0 Å². The molecule has 0 fully saturated rings. The number of benzene rings is 2. The molecule has 0 radical (unpaired) electrons. The van der Waals surface area contributed by atoms with Crippen LogP contribution in [0.5, 0.6) is 5.75 Å². The van der Waals surface area contributed by atoms with E-state index >= 15 is 0 Å². The first-order valence-electron chi connectivity index (χ1n) is 9.59. The standard InChI is InChI=1S/C21H27FN2O4S2/c1-3-28-20-8-5-4-7-19(20)24(30(2,26)27)15-21(25)23-13-6-14-29-16-17-9-11-18(22)12-10-17/h4-5,7-12H,3,6,13-16H2,1-2H3,(H,23,25). The largest absolute Gasteiger partial charge is 0.492 e. The van der Waals surface area contributed by atoms with E-state index in [0.717, 1.165) is 34.1 Å². The molecule has 0 aliphatic carbocycles. The molecule has 30 heavy (non-hydrogen) atoms. The first kappa shape index (κ1) is 24.0. The average molecular weight is 455 g/mol. The van der Waals surface area contributed by atoms with Crippen LogP contribution in [0.1, 0.15) is 18.9 Å². The monoisotopic (exact) mass is 454 g/mol. The van der Waals surface area contributed by atoms with Gasteiger partial charge in [-0.15, -0.1) is 0 Å². The van der Waals surface area contributed by atoms with Crippen molar-refractivity contribution in [2.45, 2.75) is 19.1 Å². The van der Waals surface area contributed by atoms with Crippen molar-refractivity contribution in [1.29, 1.82) is 0 Å². The molecule has 0 aromatic heterocycles. The van der Waals surface area contributed by atoms with Crippen LogP contribution in [0, 0.1) is 5.82 Å². The summed E-state index contributed by atoms with van der Waals surface area (Å²) in [7, 11) is -3.67. The van der Waals surface area contributed by atoms with Crippen molar-refractivity contribution in [2.75, 3.05) is 36.0 Å². The van der Waals surface area contributed by atoms with E-state index in [0.29, 0.717) is 24.6 Å². The number of rotatable bonds is 12. The lowest BCUT2D eigenvalue weighted by Crippen LogP contribution is -2.40. The SMILES string of the molecule is CCOc1ccccc1N(CC(=O)NCCCSCc1ccc(F)cc1)S(C)(=O)=O. The lowest BCUT2D eigenvalue weighted by molar-refractivity contribution is -0.119. The van der Waals surface area contributed by atoms with Crippen LogP contribution in [0.15, 0.2) is 48.5 Å². The van der Waals surface area contributed by atoms with Crippen molar-refractivity contribution in [3.05, 3.63) is 59.9 Å². The van der Waals surface area contributed by atoms with Gasteiger partial charge in [-0.1, -0.05) is 24.3 Å². The zero-order chi connectivity index (χ0) is 22.0. The van der Waals surface area contributed by atoms with Crippen LogP contribution < -0.4 is 14.4 Å². The molecule has 9 heteroatoms. The topological polar surface area (TPSA) is 75.7 Å². The number of nitrogens with one attached hydrogen (secondary N) is 1. The molecule has 0 bridgehead atoms. The average Bonchev–Trinajstić information content (AvgIpc) is 2.70. The van der Waals surface area contributed by atoms with E-state index in [-0.39, 0.29) is 18.3 Å². The molecule has 2 rings (SSSR count). The maximum atomic E-state index is 12.9. The minimum absolute atomic E-state index is 0.251. The first-order valence-corrected chi connectivity index (χ1v) is 12.6. The van der Waals surface area contributed by atoms with E-state index in [1.54, 1.807) is 48.2 Å². The third-order valence-corrected chi connectivity index (χ3v) is 6.33. The minimum Gasteiger partial charge on any atom is -0.492 e. The zero-order valence-electron chi connectivity index (χ0n) is 17.1. The first-order chi connectivity index (χ1) is 14.3. The second kappa shape index (κ2) is 11.8. The van der Waals surface area contributed by atoms with Gasteiger partial charge in [0.05, 0.1) is 18.6 Å². The van der Waals surface area contributed by atoms with Gasteiger partial charge in [0.2, 0.25) is 15.9 Å². The number of thioether (sulfide) groups is 1. The lowest BCUT2D eigenvalue weighted by atomic mass is 10.2. The normalized spacial score (nSPS) is 11.2. The molecule has 1 amide bonds. The number of sulfonamides is 1. The van der Waals surface area contributed by atoms with Crippen LogP contribution in [-0.4, -0.2) is 46.0 Å². The zero-order valence-corrected chi connectivity index (χ0v) is 18.8. The highest BCUT2D eigenvalue weighted by atomic mass is 32.2. The molecule has 2 aromatic rings. The fraction of sp³-hybridized carbons (Fsp3) is 0.381. The summed E-state index contributed by atoms with van der Waals surface area (Å²) in [5, 5.41) is 2.76. The smallest absolute Gasteiger partial charge is 0.240 e. The van der Waals surface area contributed by atoms with Gasteiger partial charge in [-0.25, -0.2) is 12.8 Å². The second-order valence-electron chi connectivity index (χ2n) is 6.55. The van der Waals surface area contributed by atoms with Gasteiger partial charge in [-0.05, 0) is 48.9 Å². The van der Waals surface area contributed by atoms with Crippen LogP contribution >= 0.6 is 11.8 Å². The fourth-order valence-corrected chi connectivity index (χ4v) is 4.46. The summed E-state index contributed by atoms with van der Waals surface area (Å²) < 4.78 is 44.0. The molecule has 0 aliphatic heterocycles. The minimum atomic E-state index is -3.67. The predicted molar refractivity (Wildman–Crippen MR) is 120 cm³/mol. The Labute approximate surface area is 181 Å². The highest BCUT2D eigenvalue weighted by Crippen LogP contribution is 2.29. The molecular formula is C21H27FN2O4S2. The molecule has 0 spiro atoms. The van der Waals surface area contributed by atoms with Crippen LogP contribution in [0.3, 0.4) is 0 Å². The summed E-state index contributed by atoms with van der Waals surface area (Å²) in [6, 6.07) is 13.1. The van der Waals surface area contributed by atoms with Gasteiger partial charge in [-0.2, -0.15) is 11.8 Å². The van der Waals surface area contributed by atoms with Gasteiger partial charge in [-0.3, -0.25) is 9.10 Å². The number of ether oxygens (including phenoxy) is 1. The van der Waals surface area contributed by atoms with Gasteiger partial charge >= 0.3 is 0 Å². The molecule has 0 aliphatic rings. The van der Waals surface area contributed by atoms with Gasteiger partial charge < -0.3 is 10.1 Å². The summed E-state index contributed by atoms with van der Waals surface area (Å²) in [5.74, 6) is 1.37. The number of carbonyl (C=O) groups is 1. The molecular weight excluding hydrogens is 427 g/mol. The number of anilines is 1. The highest BCUT2D eigenvalue weighted by Gasteiger charge is 2.23. The van der Waals surface area contributed by atoms with Gasteiger partial charge in [0, 0.05) is 12.3 Å². The Balaban J connectivity index is 1.82. The second-order valence-corrected chi connectivity index (χ2v) is 9.56. The van der Waals surface area contributed by atoms with E-state index in [9.17, 15) is 17.6 Å². The van der Waals surface area contributed by atoms with E-state index in [1.807, 2.05) is 6.92 Å². The van der Waals surface area contributed by atoms with E-state index in [4.69, 9.17) is 4.74 Å². The van der Waals surface area contributed by atoms with Gasteiger partial charge in [0.15, 0.2) is 0 Å². The maximum Gasteiger partial charge on any atom is 0.240 e. The van der Waals surface area contributed by atoms with Crippen LogP contribution in [-0.2, 0) is 20.6 Å². The number of hydrogen-bond donors (Lipinski definition) is 1. The Bertz CT molecular complexity index is 921. The summed E-state index contributed by atoms with van der Waals surface area (Å²) in [6.45, 7) is 2.32. The molecule has 6 nitrogen and oxygen atoms in total. The Hall–Kier alpha value is -2.26. The van der Waals surface area contributed by atoms with Crippen molar-refractivity contribution in [3.63, 3.8) is 0 Å². The Morgan fingerprint density at radius 2 is 1.87 bits per heavy atom. The Kier molecular flexibility index (Phi) is 9.45. The van der Waals surface area contributed by atoms with Crippen molar-refractivity contribution in [1.82, 2.24) is 5.32 Å². The van der Waals surface area contributed by atoms with Gasteiger partial charge in [0.1, 0.15) is 18.1 Å². The molecule has 1 N–H and O–H groups in total. The van der Waals surface area contributed by atoms with Crippen LogP contribution in [0.25, 0.3) is 0 Å². The van der Waals surface area contributed by atoms with Gasteiger partial charge in [0.25, 0.3) is 0 Å². The number of nitrogens with zero attached hydrogens (tertiary/aromatic N) is 1. The van der Waals surface area contributed by atoms with E-state index < -0.39 is 10.0 Å². The Morgan fingerprint density at radius 1 is 1.17 bits per heavy atom. The van der Waals surface area contributed by atoms with Crippen LogP contribution in [0.2, 0.25) is 0 Å². The maximum absolute atomic E-state index is 12.9. The fourth-order valence-electron chi connectivity index (χ4n) is 2.68. The van der Waals surface area contributed by atoms with Crippen LogP contribution in [0.4, 0.5) is 10.1 Å². The number of hydrogen-bond acceptors (Lipinski definition) is 5. The summed E-state index contributed by atoms with van der Waals surface area (Å²) in [4.78, 5) is 12.3. The van der Waals surface area contributed by atoms with E-state index in [2.05, 4.69) is 5.32 Å². The van der Waals surface area contributed by atoms with Crippen molar-refractivity contribution < 1.29 is 22.3 Å². The molecule has 0 unspecified atom stereocenters. The quantitative estimate of drug-likeness (QED) is 0.498. The number of carbonyl (C=O) groups excluding carboxylic acids is 1. The number of para-hydroxylation sites is 2. The summed E-state index contributed by atoms with van der Waals surface area (Å²) in [6.07, 6.45) is 1.81. The number of halogens is 1. The molecule has 0 saturated carbocycles. The molecule has 0 saturated heterocycles. The summed E-state index contributed by atoms with van der Waals surface area (Å²) in [5.41, 5.74) is 1.38. The molecule has 164 valence electrons. The molecule has 0 heterocycles.